The van der Waals surface area contributed by atoms with Crippen molar-refractivity contribution in [2.45, 2.75) is 38.6 Å². The monoisotopic (exact) mass is 307 g/mol. The molecule has 118 valence electrons. The van der Waals surface area contributed by atoms with Gasteiger partial charge in [0.1, 0.15) is 12.1 Å². The highest BCUT2D eigenvalue weighted by Crippen LogP contribution is 2.27. The molecular weight excluding hydrogens is 286 g/mol. The standard InChI is InChI=1S/C18H21N5/c1-3-15-11-17(23-18(21-15)19-12-20-23)22(2)16-9-8-13-6-4-5-7-14(13)10-16/h4-7,11-12,16H,3,8-10H2,1-2H3. The lowest BCUT2D eigenvalue weighted by Gasteiger charge is -2.34. The first-order valence-electron chi connectivity index (χ1n) is 8.25. The zero-order valence-electron chi connectivity index (χ0n) is 13.6. The lowest BCUT2D eigenvalue weighted by Crippen LogP contribution is -2.37. The van der Waals surface area contributed by atoms with Crippen LogP contribution in [0.3, 0.4) is 0 Å². The third-order valence-corrected chi connectivity index (χ3v) is 4.88. The molecule has 0 fully saturated rings. The number of nitrogens with zero attached hydrogens (tertiary/aromatic N) is 5. The fraction of sp³-hybridized carbons (Fsp3) is 0.389. The van der Waals surface area contributed by atoms with Gasteiger partial charge in [0, 0.05) is 24.8 Å². The van der Waals surface area contributed by atoms with Gasteiger partial charge < -0.3 is 4.90 Å². The van der Waals surface area contributed by atoms with Crippen LogP contribution in [0.2, 0.25) is 0 Å². The Balaban J connectivity index is 1.70. The van der Waals surface area contributed by atoms with E-state index in [0.29, 0.717) is 11.8 Å². The predicted molar refractivity (Wildman–Crippen MR) is 90.8 cm³/mol. The average Bonchev–Trinajstić information content (AvgIpc) is 3.08. The van der Waals surface area contributed by atoms with Gasteiger partial charge in [0.2, 0.25) is 0 Å². The van der Waals surface area contributed by atoms with Gasteiger partial charge in [-0.05, 0) is 36.8 Å². The van der Waals surface area contributed by atoms with Gasteiger partial charge in [-0.25, -0.2) is 4.98 Å². The second-order valence-electron chi connectivity index (χ2n) is 6.21. The van der Waals surface area contributed by atoms with Crippen molar-refractivity contribution in [3.63, 3.8) is 0 Å². The molecule has 0 saturated heterocycles. The molecule has 0 radical (unpaired) electrons. The van der Waals surface area contributed by atoms with Gasteiger partial charge in [-0.1, -0.05) is 31.2 Å². The Hall–Kier alpha value is -2.43. The average molecular weight is 307 g/mol. The number of fused-ring (bicyclic) bond motifs is 2. The molecule has 1 aliphatic rings. The highest BCUT2D eigenvalue weighted by Gasteiger charge is 2.24. The summed E-state index contributed by atoms with van der Waals surface area (Å²) < 4.78 is 1.85. The van der Waals surface area contributed by atoms with E-state index in [-0.39, 0.29) is 0 Å². The second-order valence-corrected chi connectivity index (χ2v) is 6.21. The Morgan fingerprint density at radius 2 is 2.09 bits per heavy atom. The van der Waals surface area contributed by atoms with Crippen LogP contribution in [0.25, 0.3) is 5.78 Å². The molecule has 2 aromatic heterocycles. The molecule has 1 atom stereocenters. The number of likely N-dealkylation sites (N-methyl/N-ethyl adjacent to an activating group) is 1. The summed E-state index contributed by atoms with van der Waals surface area (Å²) in [6.45, 7) is 2.12. The van der Waals surface area contributed by atoms with Crippen molar-refractivity contribution in [1.29, 1.82) is 0 Å². The summed E-state index contributed by atoms with van der Waals surface area (Å²) >= 11 is 0. The Kier molecular flexibility index (Phi) is 3.48. The first kappa shape index (κ1) is 14.2. The molecule has 0 N–H and O–H groups in total. The van der Waals surface area contributed by atoms with Gasteiger partial charge >= 0.3 is 0 Å². The van der Waals surface area contributed by atoms with Gasteiger partial charge in [0.05, 0.1) is 0 Å². The summed E-state index contributed by atoms with van der Waals surface area (Å²) in [7, 11) is 2.16. The number of benzene rings is 1. The van der Waals surface area contributed by atoms with Gasteiger partial charge in [-0.15, -0.1) is 0 Å². The van der Waals surface area contributed by atoms with Crippen LogP contribution in [0.5, 0.6) is 0 Å². The van der Waals surface area contributed by atoms with Gasteiger partial charge in [-0.3, -0.25) is 0 Å². The van der Waals surface area contributed by atoms with Crippen LogP contribution < -0.4 is 4.90 Å². The quantitative estimate of drug-likeness (QED) is 0.746. The first-order valence-corrected chi connectivity index (χ1v) is 8.25. The van der Waals surface area contributed by atoms with E-state index < -0.39 is 0 Å². The van der Waals surface area contributed by atoms with Gasteiger partial charge in [0.25, 0.3) is 5.78 Å². The van der Waals surface area contributed by atoms with E-state index in [1.165, 1.54) is 11.1 Å². The van der Waals surface area contributed by atoms with E-state index in [0.717, 1.165) is 37.2 Å². The normalized spacial score (nSPS) is 17.2. The molecule has 0 spiro atoms. The Bertz CT molecular complexity index is 838. The molecule has 0 amide bonds. The summed E-state index contributed by atoms with van der Waals surface area (Å²) in [5.74, 6) is 1.76. The number of aryl methyl sites for hydroxylation is 2. The zero-order valence-corrected chi connectivity index (χ0v) is 13.6. The summed E-state index contributed by atoms with van der Waals surface area (Å²) in [5.41, 5.74) is 4.02. The molecule has 5 nitrogen and oxygen atoms in total. The molecule has 0 bridgehead atoms. The summed E-state index contributed by atoms with van der Waals surface area (Å²) in [6, 6.07) is 11.4. The van der Waals surface area contributed by atoms with Crippen LogP contribution in [0.4, 0.5) is 5.82 Å². The van der Waals surface area contributed by atoms with Crippen molar-refractivity contribution >= 4 is 11.6 Å². The van der Waals surface area contributed by atoms with E-state index >= 15 is 0 Å². The Morgan fingerprint density at radius 1 is 1.26 bits per heavy atom. The maximum absolute atomic E-state index is 4.54. The molecule has 3 aromatic rings. The van der Waals surface area contributed by atoms with Crippen LogP contribution in [-0.2, 0) is 19.3 Å². The molecule has 23 heavy (non-hydrogen) atoms. The highest BCUT2D eigenvalue weighted by molar-refractivity contribution is 5.48. The van der Waals surface area contributed by atoms with Gasteiger partial charge in [0.15, 0.2) is 0 Å². The maximum Gasteiger partial charge on any atom is 0.254 e. The molecule has 1 unspecified atom stereocenters. The van der Waals surface area contributed by atoms with Crippen molar-refractivity contribution in [2.75, 3.05) is 11.9 Å². The van der Waals surface area contributed by atoms with Crippen molar-refractivity contribution < 1.29 is 0 Å². The van der Waals surface area contributed by atoms with Crippen LogP contribution in [-0.4, -0.2) is 32.7 Å². The van der Waals surface area contributed by atoms with E-state index in [2.05, 4.69) is 64.3 Å². The van der Waals surface area contributed by atoms with E-state index in [4.69, 9.17) is 0 Å². The number of aromatic nitrogens is 4. The molecule has 0 aliphatic heterocycles. The fourth-order valence-corrected chi connectivity index (χ4v) is 3.47. The Morgan fingerprint density at radius 3 is 2.91 bits per heavy atom. The minimum absolute atomic E-state index is 0.476. The van der Waals surface area contributed by atoms with Crippen LogP contribution in [0.1, 0.15) is 30.2 Å². The zero-order chi connectivity index (χ0) is 15.8. The highest BCUT2D eigenvalue weighted by atomic mass is 15.4. The maximum atomic E-state index is 4.54. The lowest BCUT2D eigenvalue weighted by atomic mass is 9.87. The molecule has 4 rings (SSSR count). The van der Waals surface area contributed by atoms with Crippen molar-refractivity contribution in [3.05, 3.63) is 53.5 Å². The van der Waals surface area contributed by atoms with Crippen LogP contribution >= 0.6 is 0 Å². The third-order valence-electron chi connectivity index (χ3n) is 4.88. The third kappa shape index (κ3) is 2.46. The lowest BCUT2D eigenvalue weighted by molar-refractivity contribution is 0.540. The number of anilines is 1. The largest absolute Gasteiger partial charge is 0.356 e. The Labute approximate surface area is 136 Å². The van der Waals surface area contributed by atoms with E-state index in [1.54, 1.807) is 6.33 Å². The van der Waals surface area contributed by atoms with E-state index in [1.807, 2.05) is 4.52 Å². The first-order chi connectivity index (χ1) is 11.3. The molecular formula is C18H21N5. The molecule has 1 aromatic carbocycles. The number of rotatable bonds is 3. The number of hydrogen-bond acceptors (Lipinski definition) is 4. The predicted octanol–water partition coefficient (Wildman–Crippen LogP) is 2.68. The minimum atomic E-state index is 0.476. The minimum Gasteiger partial charge on any atom is -0.356 e. The number of hydrogen-bond donors (Lipinski definition) is 0. The van der Waals surface area contributed by atoms with Crippen molar-refractivity contribution in [1.82, 2.24) is 19.6 Å². The van der Waals surface area contributed by atoms with Crippen LogP contribution in [0.15, 0.2) is 36.7 Å². The van der Waals surface area contributed by atoms with Crippen molar-refractivity contribution in [2.24, 2.45) is 0 Å². The molecule has 0 saturated carbocycles. The smallest absolute Gasteiger partial charge is 0.254 e. The summed E-state index contributed by atoms with van der Waals surface area (Å²) in [5, 5.41) is 4.36. The SMILES string of the molecule is CCc1cc(N(C)C2CCc3ccccc3C2)n2ncnc2n1. The molecule has 2 heterocycles. The van der Waals surface area contributed by atoms with Crippen LogP contribution in [0, 0.1) is 0 Å². The molecule has 1 aliphatic carbocycles. The van der Waals surface area contributed by atoms with E-state index in [9.17, 15) is 0 Å². The van der Waals surface area contributed by atoms with Gasteiger partial charge in [-0.2, -0.15) is 14.6 Å². The van der Waals surface area contributed by atoms with Crippen molar-refractivity contribution in [3.8, 4) is 0 Å². The summed E-state index contributed by atoms with van der Waals surface area (Å²) in [6.07, 6.45) is 5.85. The second kappa shape index (κ2) is 5.65. The summed E-state index contributed by atoms with van der Waals surface area (Å²) in [4.78, 5) is 11.2. The molecule has 5 heteroatoms. The topological polar surface area (TPSA) is 46.3 Å². The fourth-order valence-electron chi connectivity index (χ4n) is 3.47.